The SMILES string of the molecule is O=C1CCN(CCOc2ccccc2)CCN1CCOc1ccc(F)cc1. The van der Waals surface area contributed by atoms with Crippen LogP contribution in [0.15, 0.2) is 54.6 Å². The highest BCUT2D eigenvalue weighted by Gasteiger charge is 2.20. The van der Waals surface area contributed by atoms with Gasteiger partial charge in [0.15, 0.2) is 0 Å². The van der Waals surface area contributed by atoms with Crippen LogP contribution in [0.3, 0.4) is 0 Å². The van der Waals surface area contributed by atoms with Crippen molar-refractivity contribution in [1.82, 2.24) is 9.80 Å². The number of halogens is 1. The third kappa shape index (κ3) is 6.25. The molecule has 2 aromatic rings. The minimum absolute atomic E-state index is 0.143. The zero-order valence-corrected chi connectivity index (χ0v) is 15.4. The molecule has 1 saturated heterocycles. The molecule has 0 spiro atoms. The lowest BCUT2D eigenvalue weighted by atomic mass is 10.3. The number of ether oxygens (including phenoxy) is 2. The average molecular weight is 372 g/mol. The van der Waals surface area contributed by atoms with Crippen LogP contribution in [0.1, 0.15) is 6.42 Å². The first-order chi connectivity index (χ1) is 13.2. The highest BCUT2D eigenvalue weighted by atomic mass is 19.1. The minimum Gasteiger partial charge on any atom is -0.492 e. The Kier molecular flexibility index (Phi) is 7.04. The summed E-state index contributed by atoms with van der Waals surface area (Å²) in [5.41, 5.74) is 0. The van der Waals surface area contributed by atoms with Crippen molar-refractivity contribution in [2.75, 3.05) is 45.9 Å². The zero-order valence-electron chi connectivity index (χ0n) is 15.4. The van der Waals surface area contributed by atoms with Gasteiger partial charge in [0.05, 0.1) is 6.54 Å². The summed E-state index contributed by atoms with van der Waals surface area (Å²) in [7, 11) is 0. The standard InChI is InChI=1S/C21H25FN2O3/c22-18-6-8-20(9-7-18)27-17-15-24-13-12-23(11-10-21(24)25)14-16-26-19-4-2-1-3-5-19/h1-9H,10-17H2. The third-order valence-electron chi connectivity index (χ3n) is 4.54. The maximum atomic E-state index is 12.9. The van der Waals surface area contributed by atoms with Crippen molar-refractivity contribution >= 4 is 5.91 Å². The van der Waals surface area contributed by atoms with E-state index in [1.807, 2.05) is 35.2 Å². The molecular weight excluding hydrogens is 347 g/mol. The quantitative estimate of drug-likeness (QED) is 0.715. The van der Waals surface area contributed by atoms with Crippen LogP contribution in [-0.4, -0.2) is 61.6 Å². The fraction of sp³-hybridized carbons (Fsp3) is 0.381. The Morgan fingerprint density at radius 2 is 1.48 bits per heavy atom. The highest BCUT2D eigenvalue weighted by Crippen LogP contribution is 2.12. The molecular formula is C21H25FN2O3. The van der Waals surface area contributed by atoms with E-state index in [9.17, 15) is 9.18 Å². The Balaban J connectivity index is 1.38. The summed E-state index contributed by atoms with van der Waals surface area (Å²) in [5, 5.41) is 0. The van der Waals surface area contributed by atoms with E-state index >= 15 is 0 Å². The predicted octanol–water partition coefficient (Wildman–Crippen LogP) is 2.82. The molecule has 0 saturated carbocycles. The zero-order chi connectivity index (χ0) is 18.9. The molecule has 3 rings (SSSR count). The van der Waals surface area contributed by atoms with Crippen LogP contribution < -0.4 is 9.47 Å². The molecule has 0 unspecified atom stereocenters. The molecule has 0 bridgehead atoms. The Morgan fingerprint density at radius 3 is 2.22 bits per heavy atom. The number of rotatable bonds is 8. The molecule has 144 valence electrons. The van der Waals surface area contributed by atoms with Gasteiger partial charge in [-0.25, -0.2) is 4.39 Å². The van der Waals surface area contributed by atoms with Gasteiger partial charge in [-0.3, -0.25) is 9.69 Å². The van der Waals surface area contributed by atoms with E-state index in [4.69, 9.17) is 9.47 Å². The summed E-state index contributed by atoms with van der Waals surface area (Å²) >= 11 is 0. The summed E-state index contributed by atoms with van der Waals surface area (Å²) in [6.07, 6.45) is 0.502. The van der Waals surface area contributed by atoms with Crippen LogP contribution >= 0.6 is 0 Å². The molecule has 27 heavy (non-hydrogen) atoms. The number of nitrogens with zero attached hydrogens (tertiary/aromatic N) is 2. The number of para-hydroxylation sites is 1. The van der Waals surface area contributed by atoms with Crippen LogP contribution in [0.4, 0.5) is 4.39 Å². The number of carbonyl (C=O) groups is 1. The molecule has 1 fully saturated rings. The first kappa shape index (κ1) is 19.2. The van der Waals surface area contributed by atoms with Gasteiger partial charge in [0.2, 0.25) is 5.91 Å². The van der Waals surface area contributed by atoms with Gasteiger partial charge in [0.25, 0.3) is 0 Å². The second-order valence-electron chi connectivity index (χ2n) is 6.44. The molecule has 0 N–H and O–H groups in total. The Labute approximate surface area is 159 Å². The summed E-state index contributed by atoms with van der Waals surface area (Å²) in [5.74, 6) is 1.33. The van der Waals surface area contributed by atoms with Crippen LogP contribution in [0.25, 0.3) is 0 Å². The van der Waals surface area contributed by atoms with Crippen molar-refractivity contribution in [1.29, 1.82) is 0 Å². The maximum Gasteiger partial charge on any atom is 0.224 e. The molecule has 1 aliphatic heterocycles. The van der Waals surface area contributed by atoms with E-state index in [0.717, 1.165) is 25.4 Å². The van der Waals surface area contributed by atoms with Crippen LogP contribution in [-0.2, 0) is 4.79 Å². The van der Waals surface area contributed by atoms with Crippen molar-refractivity contribution in [3.63, 3.8) is 0 Å². The normalized spacial score (nSPS) is 15.4. The summed E-state index contributed by atoms with van der Waals surface area (Å²) < 4.78 is 24.2. The number of carbonyl (C=O) groups excluding carboxylic acids is 1. The average Bonchev–Trinajstić information content (AvgIpc) is 2.86. The van der Waals surface area contributed by atoms with E-state index in [1.54, 1.807) is 12.1 Å². The first-order valence-corrected chi connectivity index (χ1v) is 9.27. The largest absolute Gasteiger partial charge is 0.492 e. The number of benzene rings is 2. The monoisotopic (exact) mass is 372 g/mol. The molecule has 1 aliphatic rings. The van der Waals surface area contributed by atoms with Crippen molar-refractivity contribution < 1.29 is 18.7 Å². The van der Waals surface area contributed by atoms with E-state index in [1.165, 1.54) is 12.1 Å². The van der Waals surface area contributed by atoms with Crippen LogP contribution in [0.2, 0.25) is 0 Å². The molecule has 5 nitrogen and oxygen atoms in total. The summed E-state index contributed by atoms with van der Waals surface area (Å²) in [6, 6.07) is 15.6. The topological polar surface area (TPSA) is 42.0 Å². The Morgan fingerprint density at radius 1 is 0.815 bits per heavy atom. The highest BCUT2D eigenvalue weighted by molar-refractivity contribution is 5.76. The van der Waals surface area contributed by atoms with Gasteiger partial charge in [-0.1, -0.05) is 18.2 Å². The Hall–Kier alpha value is -2.60. The van der Waals surface area contributed by atoms with Gasteiger partial charge in [0.1, 0.15) is 30.5 Å². The molecule has 0 radical (unpaired) electrons. The summed E-state index contributed by atoms with van der Waals surface area (Å²) in [6.45, 7) is 4.57. The number of hydrogen-bond donors (Lipinski definition) is 0. The van der Waals surface area contributed by atoms with Crippen molar-refractivity contribution in [3.05, 3.63) is 60.4 Å². The molecule has 1 heterocycles. The maximum absolute atomic E-state index is 12.9. The van der Waals surface area contributed by atoms with Gasteiger partial charge < -0.3 is 14.4 Å². The molecule has 2 aromatic carbocycles. The lowest BCUT2D eigenvalue weighted by molar-refractivity contribution is -0.130. The van der Waals surface area contributed by atoms with Crippen molar-refractivity contribution in [3.8, 4) is 11.5 Å². The van der Waals surface area contributed by atoms with Gasteiger partial charge >= 0.3 is 0 Å². The second-order valence-corrected chi connectivity index (χ2v) is 6.44. The van der Waals surface area contributed by atoms with Gasteiger partial charge in [-0.2, -0.15) is 0 Å². The van der Waals surface area contributed by atoms with Crippen LogP contribution in [0, 0.1) is 5.82 Å². The van der Waals surface area contributed by atoms with E-state index in [2.05, 4.69) is 4.90 Å². The molecule has 1 amide bonds. The molecule has 0 aliphatic carbocycles. The Bertz CT molecular complexity index is 709. The smallest absolute Gasteiger partial charge is 0.224 e. The summed E-state index contributed by atoms with van der Waals surface area (Å²) in [4.78, 5) is 16.4. The number of amides is 1. The predicted molar refractivity (Wildman–Crippen MR) is 101 cm³/mol. The van der Waals surface area contributed by atoms with Crippen molar-refractivity contribution in [2.45, 2.75) is 6.42 Å². The lowest BCUT2D eigenvalue weighted by Crippen LogP contribution is -2.36. The second kappa shape index (κ2) is 9.92. The van der Waals surface area contributed by atoms with Crippen LogP contribution in [0.5, 0.6) is 11.5 Å². The fourth-order valence-corrected chi connectivity index (χ4v) is 2.98. The first-order valence-electron chi connectivity index (χ1n) is 9.27. The molecule has 0 atom stereocenters. The third-order valence-corrected chi connectivity index (χ3v) is 4.54. The van der Waals surface area contributed by atoms with Gasteiger partial charge in [-0.15, -0.1) is 0 Å². The molecule has 6 heteroatoms. The number of hydrogen-bond acceptors (Lipinski definition) is 4. The molecule has 0 aromatic heterocycles. The fourth-order valence-electron chi connectivity index (χ4n) is 2.98. The lowest BCUT2D eigenvalue weighted by Gasteiger charge is -2.22. The van der Waals surface area contributed by atoms with Gasteiger partial charge in [0, 0.05) is 32.6 Å². The van der Waals surface area contributed by atoms with E-state index in [-0.39, 0.29) is 11.7 Å². The van der Waals surface area contributed by atoms with Crippen molar-refractivity contribution in [2.24, 2.45) is 0 Å². The van der Waals surface area contributed by atoms with E-state index in [0.29, 0.717) is 38.5 Å². The van der Waals surface area contributed by atoms with Gasteiger partial charge in [-0.05, 0) is 36.4 Å². The van der Waals surface area contributed by atoms with E-state index < -0.39 is 0 Å². The minimum atomic E-state index is -0.290.